The fraction of sp³-hybridized carbons (Fsp3) is 0.471. The Kier molecular flexibility index (Phi) is 4.96. The molecule has 0 saturated heterocycles. The molecule has 0 aliphatic heterocycles. The van der Waals surface area contributed by atoms with Crippen LogP contribution in [0.1, 0.15) is 34.1 Å². The van der Waals surface area contributed by atoms with Crippen LogP contribution in [0.2, 0.25) is 0 Å². The topological polar surface area (TPSA) is 64.0 Å². The summed E-state index contributed by atoms with van der Waals surface area (Å²) in [4.78, 5) is 28.6. The quantitative estimate of drug-likeness (QED) is 0.923. The maximum atomic E-state index is 12.5. The summed E-state index contributed by atoms with van der Waals surface area (Å²) in [5.41, 5.74) is 1.21. The predicted octanol–water partition coefficient (Wildman–Crippen LogP) is 3.04. The predicted molar refractivity (Wildman–Crippen MR) is 88.9 cm³/mol. The molecule has 5 heteroatoms. The first-order chi connectivity index (χ1) is 10.4. The molecule has 1 heterocycles. The highest BCUT2D eigenvalue weighted by Crippen LogP contribution is 2.15. The molecule has 0 spiro atoms. The number of anilines is 1. The Balaban J connectivity index is 2.35. The largest absolute Gasteiger partial charge is 0.326 e. The van der Waals surface area contributed by atoms with Crippen molar-refractivity contribution in [2.75, 3.05) is 5.32 Å². The van der Waals surface area contributed by atoms with Crippen LogP contribution in [0.5, 0.6) is 0 Å². The van der Waals surface area contributed by atoms with E-state index in [0.717, 1.165) is 6.42 Å². The molecule has 0 atom stereocenters. The normalized spacial score (nSPS) is 11.4. The van der Waals surface area contributed by atoms with E-state index in [9.17, 15) is 9.59 Å². The Labute approximate surface area is 130 Å². The van der Waals surface area contributed by atoms with Gasteiger partial charge in [-0.15, -0.1) is 0 Å². The lowest BCUT2D eigenvalue weighted by atomic mass is 10.1. The molecule has 0 radical (unpaired) electrons. The lowest BCUT2D eigenvalue weighted by Crippen LogP contribution is -2.22. The van der Waals surface area contributed by atoms with E-state index in [2.05, 4.69) is 24.1 Å². The molecule has 118 valence electrons. The standard InChI is InChI=1S/C17H23N3O2/c1-11(2)7-8-20-10-18-15-6-5-13(9-14(15)17(20)22)19-16(21)12(3)4/h5-6,9-12H,7-8H2,1-4H3,(H,19,21). The SMILES string of the molecule is CC(C)CCn1cnc2ccc(NC(=O)C(C)C)cc2c1=O. The molecule has 1 amide bonds. The van der Waals surface area contributed by atoms with E-state index < -0.39 is 0 Å². The van der Waals surface area contributed by atoms with Crippen molar-refractivity contribution in [3.05, 3.63) is 34.9 Å². The third kappa shape index (κ3) is 3.72. The summed E-state index contributed by atoms with van der Waals surface area (Å²) in [6.45, 7) is 8.56. The van der Waals surface area contributed by atoms with Gasteiger partial charge in [-0.05, 0) is 30.5 Å². The number of carbonyl (C=O) groups excluding carboxylic acids is 1. The minimum absolute atomic E-state index is 0.0636. The average molecular weight is 301 g/mol. The molecule has 0 unspecified atom stereocenters. The number of hydrogen-bond donors (Lipinski definition) is 1. The maximum Gasteiger partial charge on any atom is 0.261 e. The summed E-state index contributed by atoms with van der Waals surface area (Å²) >= 11 is 0. The van der Waals surface area contributed by atoms with Gasteiger partial charge in [0, 0.05) is 18.2 Å². The van der Waals surface area contributed by atoms with E-state index in [4.69, 9.17) is 0 Å². The number of nitrogens with zero attached hydrogens (tertiary/aromatic N) is 2. The summed E-state index contributed by atoms with van der Waals surface area (Å²) in [5, 5.41) is 3.35. The first-order valence-electron chi connectivity index (χ1n) is 7.68. The second kappa shape index (κ2) is 6.73. The lowest BCUT2D eigenvalue weighted by molar-refractivity contribution is -0.118. The number of amides is 1. The zero-order valence-corrected chi connectivity index (χ0v) is 13.6. The monoisotopic (exact) mass is 301 g/mol. The van der Waals surface area contributed by atoms with Gasteiger partial charge in [0.15, 0.2) is 0 Å². The highest BCUT2D eigenvalue weighted by Gasteiger charge is 2.10. The van der Waals surface area contributed by atoms with Crippen molar-refractivity contribution in [3.63, 3.8) is 0 Å². The summed E-state index contributed by atoms with van der Waals surface area (Å²) in [6, 6.07) is 5.24. The van der Waals surface area contributed by atoms with Crippen molar-refractivity contribution in [3.8, 4) is 0 Å². The molecule has 1 N–H and O–H groups in total. The van der Waals surface area contributed by atoms with Crippen molar-refractivity contribution >= 4 is 22.5 Å². The molecule has 2 aromatic rings. The Morgan fingerprint density at radius 1 is 1.27 bits per heavy atom. The minimum Gasteiger partial charge on any atom is -0.326 e. The van der Waals surface area contributed by atoms with Crippen molar-refractivity contribution < 1.29 is 4.79 Å². The molecule has 0 saturated carbocycles. The molecule has 1 aromatic heterocycles. The Hall–Kier alpha value is -2.17. The van der Waals surface area contributed by atoms with E-state index in [0.29, 0.717) is 29.1 Å². The fourth-order valence-electron chi connectivity index (χ4n) is 2.08. The third-order valence-electron chi connectivity index (χ3n) is 3.56. The molecule has 5 nitrogen and oxygen atoms in total. The van der Waals surface area contributed by atoms with E-state index in [-0.39, 0.29) is 17.4 Å². The highest BCUT2D eigenvalue weighted by molar-refractivity contribution is 5.94. The van der Waals surface area contributed by atoms with Gasteiger partial charge >= 0.3 is 0 Å². The third-order valence-corrected chi connectivity index (χ3v) is 3.56. The van der Waals surface area contributed by atoms with Crippen LogP contribution in [0, 0.1) is 11.8 Å². The van der Waals surface area contributed by atoms with Crippen molar-refractivity contribution in [1.29, 1.82) is 0 Å². The van der Waals surface area contributed by atoms with Gasteiger partial charge < -0.3 is 5.32 Å². The Morgan fingerprint density at radius 3 is 2.64 bits per heavy atom. The van der Waals surface area contributed by atoms with Crippen LogP contribution < -0.4 is 10.9 Å². The Morgan fingerprint density at radius 2 is 2.00 bits per heavy atom. The van der Waals surface area contributed by atoms with Crippen LogP contribution in [0.25, 0.3) is 10.9 Å². The van der Waals surface area contributed by atoms with Crippen LogP contribution in [0.15, 0.2) is 29.3 Å². The minimum atomic E-state index is -0.104. The first-order valence-corrected chi connectivity index (χ1v) is 7.68. The zero-order chi connectivity index (χ0) is 16.3. The van der Waals surface area contributed by atoms with E-state index >= 15 is 0 Å². The number of benzene rings is 1. The van der Waals surface area contributed by atoms with E-state index in [1.165, 1.54) is 0 Å². The summed E-state index contributed by atoms with van der Waals surface area (Å²) in [7, 11) is 0. The van der Waals surface area contributed by atoms with Gasteiger partial charge in [-0.3, -0.25) is 14.2 Å². The number of nitrogens with one attached hydrogen (secondary N) is 1. The molecular weight excluding hydrogens is 278 g/mol. The highest BCUT2D eigenvalue weighted by atomic mass is 16.2. The van der Waals surface area contributed by atoms with Gasteiger partial charge in [0.2, 0.25) is 5.91 Å². The van der Waals surface area contributed by atoms with Crippen molar-refractivity contribution in [1.82, 2.24) is 9.55 Å². The second-order valence-corrected chi connectivity index (χ2v) is 6.30. The zero-order valence-electron chi connectivity index (χ0n) is 13.6. The lowest BCUT2D eigenvalue weighted by Gasteiger charge is -2.10. The molecular formula is C17H23N3O2. The number of aromatic nitrogens is 2. The number of aryl methyl sites for hydroxylation is 1. The van der Waals surface area contributed by atoms with Gasteiger partial charge in [-0.1, -0.05) is 27.7 Å². The van der Waals surface area contributed by atoms with Gasteiger partial charge in [-0.2, -0.15) is 0 Å². The molecule has 2 rings (SSSR count). The van der Waals surface area contributed by atoms with Crippen molar-refractivity contribution in [2.24, 2.45) is 11.8 Å². The van der Waals surface area contributed by atoms with Crippen LogP contribution in [-0.4, -0.2) is 15.5 Å². The number of rotatable bonds is 5. The average Bonchev–Trinajstić information content (AvgIpc) is 2.46. The second-order valence-electron chi connectivity index (χ2n) is 6.30. The molecule has 0 fully saturated rings. The number of carbonyl (C=O) groups is 1. The molecule has 22 heavy (non-hydrogen) atoms. The molecule has 0 aliphatic carbocycles. The van der Waals surface area contributed by atoms with Crippen LogP contribution in [-0.2, 0) is 11.3 Å². The fourth-order valence-corrected chi connectivity index (χ4v) is 2.08. The van der Waals surface area contributed by atoms with Gasteiger partial charge in [0.25, 0.3) is 5.56 Å². The van der Waals surface area contributed by atoms with Crippen molar-refractivity contribution in [2.45, 2.75) is 40.7 Å². The number of hydrogen-bond acceptors (Lipinski definition) is 3. The van der Waals surface area contributed by atoms with Gasteiger partial charge in [-0.25, -0.2) is 4.98 Å². The van der Waals surface area contributed by atoms with Gasteiger partial charge in [0.05, 0.1) is 17.2 Å². The number of fused-ring (bicyclic) bond motifs is 1. The van der Waals surface area contributed by atoms with Crippen LogP contribution >= 0.6 is 0 Å². The summed E-state index contributed by atoms with van der Waals surface area (Å²) in [6.07, 6.45) is 2.52. The summed E-state index contributed by atoms with van der Waals surface area (Å²) in [5.74, 6) is 0.356. The van der Waals surface area contributed by atoms with E-state index in [1.54, 1.807) is 29.1 Å². The summed E-state index contributed by atoms with van der Waals surface area (Å²) < 4.78 is 1.64. The van der Waals surface area contributed by atoms with Crippen LogP contribution in [0.4, 0.5) is 5.69 Å². The maximum absolute atomic E-state index is 12.5. The Bertz CT molecular complexity index is 732. The van der Waals surface area contributed by atoms with Crippen LogP contribution in [0.3, 0.4) is 0 Å². The van der Waals surface area contributed by atoms with Gasteiger partial charge in [0.1, 0.15) is 0 Å². The first kappa shape index (κ1) is 16.2. The van der Waals surface area contributed by atoms with E-state index in [1.807, 2.05) is 13.8 Å². The smallest absolute Gasteiger partial charge is 0.261 e. The molecule has 0 bridgehead atoms. The molecule has 1 aromatic carbocycles. The molecule has 0 aliphatic rings.